The van der Waals surface area contributed by atoms with E-state index in [1.165, 1.54) is 30.4 Å². The van der Waals surface area contributed by atoms with Crippen molar-refractivity contribution in [1.82, 2.24) is 14.9 Å². The first kappa shape index (κ1) is 16.6. The minimum atomic E-state index is 0.0567. The number of imidazole rings is 1. The van der Waals surface area contributed by atoms with Gasteiger partial charge in [-0.15, -0.1) is 0 Å². The van der Waals surface area contributed by atoms with E-state index >= 15 is 0 Å². The molecular weight excluding hydrogens is 322 g/mol. The summed E-state index contributed by atoms with van der Waals surface area (Å²) in [5.74, 6) is 0.0567. The lowest BCUT2D eigenvalue weighted by atomic mass is 9.90. The van der Waals surface area contributed by atoms with Crippen LogP contribution in [0.3, 0.4) is 0 Å². The van der Waals surface area contributed by atoms with E-state index in [1.54, 1.807) is 12.5 Å². The van der Waals surface area contributed by atoms with Gasteiger partial charge in [0.25, 0.3) is 0 Å². The van der Waals surface area contributed by atoms with E-state index in [0.717, 1.165) is 23.2 Å². The van der Waals surface area contributed by atoms with E-state index in [-0.39, 0.29) is 5.91 Å². The number of fused-ring (bicyclic) bond motifs is 1. The predicted molar refractivity (Wildman–Crippen MR) is 102 cm³/mol. The third-order valence-corrected chi connectivity index (χ3v) is 5.03. The van der Waals surface area contributed by atoms with Crippen LogP contribution in [-0.2, 0) is 30.6 Å². The van der Waals surface area contributed by atoms with Crippen LogP contribution in [0.5, 0.6) is 0 Å². The number of hydrogen-bond acceptors (Lipinski definition) is 2. The molecule has 1 aliphatic carbocycles. The highest BCUT2D eigenvalue weighted by atomic mass is 16.1. The van der Waals surface area contributed by atoms with Gasteiger partial charge in [0.05, 0.1) is 18.4 Å². The monoisotopic (exact) mass is 345 g/mol. The van der Waals surface area contributed by atoms with E-state index in [4.69, 9.17) is 0 Å². The molecule has 0 fully saturated rings. The fourth-order valence-corrected chi connectivity index (χ4v) is 3.65. The number of amides is 1. The lowest BCUT2D eigenvalue weighted by Crippen LogP contribution is -2.25. The molecule has 1 aliphatic rings. The summed E-state index contributed by atoms with van der Waals surface area (Å²) < 4.78 is 1.96. The zero-order valence-corrected chi connectivity index (χ0v) is 14.8. The molecule has 2 aromatic carbocycles. The Morgan fingerprint density at radius 3 is 2.77 bits per heavy atom. The van der Waals surface area contributed by atoms with Crippen molar-refractivity contribution in [1.29, 1.82) is 0 Å². The van der Waals surface area contributed by atoms with Crippen LogP contribution in [0.15, 0.2) is 61.2 Å². The van der Waals surface area contributed by atoms with Crippen molar-refractivity contribution in [2.75, 3.05) is 0 Å². The summed E-state index contributed by atoms with van der Waals surface area (Å²) in [6, 6.07) is 14.6. The van der Waals surface area contributed by atoms with Gasteiger partial charge < -0.3 is 9.88 Å². The summed E-state index contributed by atoms with van der Waals surface area (Å²) in [6.45, 7) is 0.512. The maximum atomic E-state index is 12.4. The minimum absolute atomic E-state index is 0.0567. The first-order valence-corrected chi connectivity index (χ1v) is 9.23. The van der Waals surface area contributed by atoms with E-state index in [9.17, 15) is 4.79 Å². The van der Waals surface area contributed by atoms with Gasteiger partial charge in [-0.3, -0.25) is 4.79 Å². The normalized spacial score (nSPS) is 13.2. The van der Waals surface area contributed by atoms with Crippen molar-refractivity contribution in [3.63, 3.8) is 0 Å². The molecule has 1 aromatic heterocycles. The lowest BCUT2D eigenvalue weighted by molar-refractivity contribution is -0.120. The number of aryl methyl sites for hydroxylation is 2. The molecule has 1 N–H and O–H groups in total. The fraction of sp³-hybridized carbons (Fsp3) is 0.273. The summed E-state index contributed by atoms with van der Waals surface area (Å²) in [4.78, 5) is 16.5. The van der Waals surface area contributed by atoms with Crippen LogP contribution in [0.2, 0.25) is 0 Å². The van der Waals surface area contributed by atoms with Gasteiger partial charge in [0.15, 0.2) is 0 Å². The van der Waals surface area contributed by atoms with Crippen molar-refractivity contribution < 1.29 is 4.79 Å². The van der Waals surface area contributed by atoms with Crippen molar-refractivity contribution in [2.24, 2.45) is 0 Å². The third kappa shape index (κ3) is 3.69. The summed E-state index contributed by atoms with van der Waals surface area (Å²) in [6.07, 6.45) is 10.7. The van der Waals surface area contributed by atoms with E-state index in [0.29, 0.717) is 13.0 Å². The number of rotatable bonds is 5. The molecule has 0 saturated heterocycles. The predicted octanol–water partition coefficient (Wildman–Crippen LogP) is 3.61. The molecule has 132 valence electrons. The smallest absolute Gasteiger partial charge is 0.224 e. The Morgan fingerprint density at radius 1 is 1.08 bits per heavy atom. The first-order chi connectivity index (χ1) is 12.8. The molecule has 26 heavy (non-hydrogen) atoms. The van der Waals surface area contributed by atoms with Gasteiger partial charge in [0, 0.05) is 18.9 Å². The number of nitrogens with zero attached hydrogens (tertiary/aromatic N) is 2. The Morgan fingerprint density at radius 2 is 1.92 bits per heavy atom. The Hall–Kier alpha value is -2.88. The van der Waals surface area contributed by atoms with E-state index < -0.39 is 0 Å². The molecule has 0 aliphatic heterocycles. The SMILES string of the molecule is O=C(Cc1ccc2c(c1)CCCC2)NCc1ccccc1-n1ccnc1. The standard InChI is InChI=1S/C22H23N3O/c26-22(14-17-9-10-18-5-1-2-6-19(18)13-17)24-15-20-7-3-4-8-21(20)25-12-11-23-16-25/h3-4,7-13,16H,1-2,5-6,14-15H2,(H,24,26). The molecule has 3 aromatic rings. The number of benzene rings is 2. The molecular formula is C22H23N3O. The molecule has 4 heteroatoms. The number of hydrogen-bond donors (Lipinski definition) is 1. The zero-order valence-electron chi connectivity index (χ0n) is 14.8. The molecule has 4 rings (SSSR count). The Labute approximate surface area is 153 Å². The Bertz CT molecular complexity index is 900. The van der Waals surface area contributed by atoms with Crippen molar-refractivity contribution >= 4 is 5.91 Å². The van der Waals surface area contributed by atoms with Gasteiger partial charge in [-0.25, -0.2) is 4.98 Å². The summed E-state index contributed by atoms with van der Waals surface area (Å²) in [5, 5.41) is 3.06. The van der Waals surface area contributed by atoms with Gasteiger partial charge in [0.2, 0.25) is 5.91 Å². The van der Waals surface area contributed by atoms with E-state index in [2.05, 4.69) is 28.5 Å². The molecule has 0 bridgehead atoms. The minimum Gasteiger partial charge on any atom is -0.352 e. The average Bonchev–Trinajstić information content (AvgIpc) is 3.21. The van der Waals surface area contributed by atoms with Gasteiger partial charge in [0.1, 0.15) is 0 Å². The largest absolute Gasteiger partial charge is 0.352 e. The highest BCUT2D eigenvalue weighted by Gasteiger charge is 2.11. The maximum Gasteiger partial charge on any atom is 0.224 e. The molecule has 1 amide bonds. The second-order valence-corrected chi connectivity index (χ2v) is 6.86. The molecule has 1 heterocycles. The lowest BCUT2D eigenvalue weighted by Gasteiger charge is -2.16. The molecule has 0 spiro atoms. The summed E-state index contributed by atoms with van der Waals surface area (Å²) in [5.41, 5.74) is 6.09. The molecule has 0 atom stereocenters. The third-order valence-electron chi connectivity index (χ3n) is 5.03. The Balaban J connectivity index is 1.41. The van der Waals surface area contributed by atoms with Crippen LogP contribution in [-0.4, -0.2) is 15.5 Å². The van der Waals surface area contributed by atoms with Crippen molar-refractivity contribution in [2.45, 2.75) is 38.6 Å². The van der Waals surface area contributed by atoms with Gasteiger partial charge >= 0.3 is 0 Å². The maximum absolute atomic E-state index is 12.4. The summed E-state index contributed by atoms with van der Waals surface area (Å²) >= 11 is 0. The molecule has 0 saturated carbocycles. The second-order valence-electron chi connectivity index (χ2n) is 6.86. The van der Waals surface area contributed by atoms with Crippen LogP contribution < -0.4 is 5.32 Å². The highest BCUT2D eigenvalue weighted by Crippen LogP contribution is 2.22. The molecule has 0 radical (unpaired) electrons. The Kier molecular flexibility index (Phi) is 4.82. The van der Waals surface area contributed by atoms with Crippen LogP contribution in [0.25, 0.3) is 5.69 Å². The number of carbonyl (C=O) groups is 1. The highest BCUT2D eigenvalue weighted by molar-refractivity contribution is 5.78. The van der Waals surface area contributed by atoms with Crippen molar-refractivity contribution in [3.8, 4) is 5.69 Å². The second kappa shape index (κ2) is 7.56. The molecule has 0 unspecified atom stereocenters. The van der Waals surface area contributed by atoms with Crippen LogP contribution in [0.1, 0.15) is 35.1 Å². The van der Waals surface area contributed by atoms with Crippen LogP contribution in [0.4, 0.5) is 0 Å². The van der Waals surface area contributed by atoms with Crippen LogP contribution in [0, 0.1) is 0 Å². The van der Waals surface area contributed by atoms with Gasteiger partial charge in [-0.05, 0) is 54.0 Å². The van der Waals surface area contributed by atoms with Gasteiger partial charge in [-0.2, -0.15) is 0 Å². The fourth-order valence-electron chi connectivity index (χ4n) is 3.65. The molecule has 4 nitrogen and oxygen atoms in total. The van der Waals surface area contributed by atoms with Crippen LogP contribution >= 0.6 is 0 Å². The first-order valence-electron chi connectivity index (χ1n) is 9.23. The quantitative estimate of drug-likeness (QED) is 0.768. The average molecular weight is 345 g/mol. The number of carbonyl (C=O) groups excluding carboxylic acids is 1. The number of aromatic nitrogens is 2. The summed E-state index contributed by atoms with van der Waals surface area (Å²) in [7, 11) is 0. The van der Waals surface area contributed by atoms with E-state index in [1.807, 2.05) is 35.0 Å². The number of nitrogens with one attached hydrogen (secondary N) is 1. The number of para-hydroxylation sites is 1. The van der Waals surface area contributed by atoms with Crippen molar-refractivity contribution in [3.05, 3.63) is 83.4 Å². The zero-order chi connectivity index (χ0) is 17.8. The van der Waals surface area contributed by atoms with Gasteiger partial charge in [-0.1, -0.05) is 36.4 Å². The topological polar surface area (TPSA) is 46.9 Å².